The summed E-state index contributed by atoms with van der Waals surface area (Å²) in [7, 11) is 0. The van der Waals surface area contributed by atoms with E-state index in [9.17, 15) is 0 Å². The molecule has 0 bridgehead atoms. The quantitative estimate of drug-likeness (QED) is 0.402. The summed E-state index contributed by atoms with van der Waals surface area (Å²) in [6.45, 7) is 0. The molecule has 0 aliphatic carbocycles. The van der Waals surface area contributed by atoms with Gasteiger partial charge in [0.05, 0.1) is 0 Å². The molecule has 0 aliphatic rings. The van der Waals surface area contributed by atoms with Gasteiger partial charge < -0.3 is 5.48 Å². The Labute approximate surface area is 96.1 Å². The van der Waals surface area contributed by atoms with Crippen molar-refractivity contribution in [1.29, 1.82) is 0 Å². The van der Waals surface area contributed by atoms with Gasteiger partial charge >= 0.3 is 93.0 Å². The second kappa shape index (κ2) is 16.6. The van der Waals surface area contributed by atoms with Crippen LogP contribution in [-0.4, -0.2) is 51.2 Å². The summed E-state index contributed by atoms with van der Waals surface area (Å²) < 4.78 is 0. The van der Waals surface area contributed by atoms with Crippen molar-refractivity contribution in [3.8, 4) is 0 Å². The summed E-state index contributed by atoms with van der Waals surface area (Å²) in [5.41, 5.74) is 0. The molecule has 0 atom stereocenters. The van der Waals surface area contributed by atoms with Gasteiger partial charge in [0.15, 0.2) is 0 Å². The predicted octanol–water partition coefficient (Wildman–Crippen LogP) is -0.880. The first-order valence-electron chi connectivity index (χ1n) is 0. The molecule has 11 valence electrons. The van der Waals surface area contributed by atoms with Crippen molar-refractivity contribution in [3.63, 3.8) is 0 Å². The minimum absolute atomic E-state index is 0. The van der Waals surface area contributed by atoms with Crippen molar-refractivity contribution < 1.29 is 47.2 Å². The first-order valence-corrected chi connectivity index (χ1v) is 0. The Kier molecular flexibility index (Phi) is 115. The summed E-state index contributed by atoms with van der Waals surface area (Å²) in [6.07, 6.45) is 0. The van der Waals surface area contributed by atoms with E-state index in [0.717, 1.165) is 0 Å². The van der Waals surface area contributed by atoms with Crippen LogP contribution in [0.3, 0.4) is 0 Å². The zero-order valence-corrected chi connectivity index (χ0v) is 11.8. The molecule has 0 aromatic carbocycles. The third kappa shape index (κ3) is 8.91. The maximum Gasteiger partial charge on any atom is 4.00 e. The van der Waals surface area contributed by atoms with Crippen LogP contribution in [0, 0.1) is 41.7 Å². The van der Waals surface area contributed by atoms with Gasteiger partial charge in [-0.25, -0.2) is 0 Å². The van der Waals surface area contributed by atoms with Crippen molar-refractivity contribution in [3.05, 3.63) is 0 Å². The molecule has 0 saturated heterocycles. The monoisotopic (exact) mass is 484 g/mol. The van der Waals surface area contributed by atoms with Gasteiger partial charge in [-0.2, -0.15) is 0 Å². The van der Waals surface area contributed by atoms with Crippen molar-refractivity contribution in [2.75, 3.05) is 0 Å². The molecule has 0 aromatic rings. The van der Waals surface area contributed by atoms with Gasteiger partial charge in [-0.3, -0.25) is 0 Å². The standard InChI is InChI=1S/Ce.O.Pb.Sn/q+3;-2;+2;+4. The van der Waals surface area contributed by atoms with Crippen molar-refractivity contribution >= 4 is 51.2 Å². The predicted molar refractivity (Wildman–Crippen MR) is 12.2 cm³/mol. The minimum Gasteiger partial charge on any atom is -2.00 e. The average Bonchev–Trinajstić information content (AvgIpc) is 0. The van der Waals surface area contributed by atoms with Crippen LogP contribution in [0.1, 0.15) is 0 Å². The van der Waals surface area contributed by atoms with Crippen LogP contribution in [0.5, 0.6) is 0 Å². The van der Waals surface area contributed by atoms with Crippen molar-refractivity contribution in [2.45, 2.75) is 0 Å². The average molecular weight is 482 g/mol. The maximum atomic E-state index is 0. The van der Waals surface area contributed by atoms with Gasteiger partial charge in [0, 0.05) is 0 Å². The van der Waals surface area contributed by atoms with Crippen molar-refractivity contribution in [2.24, 2.45) is 0 Å². The Hall–Kier alpha value is 3.06. The second-order valence-electron chi connectivity index (χ2n) is 0. The fourth-order valence-corrected chi connectivity index (χ4v) is 0. The number of hydrogen-bond donors (Lipinski definition) is 0. The van der Waals surface area contributed by atoms with Crippen LogP contribution >= 0.6 is 0 Å². The maximum absolute atomic E-state index is 0. The van der Waals surface area contributed by atoms with E-state index < -0.39 is 0 Å². The van der Waals surface area contributed by atoms with E-state index >= 15 is 0 Å². The SMILES string of the molecule is [Ce+3].[O-2].[Pb+2].[Sn+4]. The summed E-state index contributed by atoms with van der Waals surface area (Å²) in [4.78, 5) is 0. The topological polar surface area (TPSA) is 28.5 Å². The van der Waals surface area contributed by atoms with E-state index in [4.69, 9.17) is 0 Å². The van der Waals surface area contributed by atoms with Gasteiger partial charge in [0.25, 0.3) is 0 Å². The molecule has 1 nitrogen and oxygen atoms in total. The van der Waals surface area contributed by atoms with Crippen LogP contribution in [0.4, 0.5) is 0 Å². The zero-order chi connectivity index (χ0) is 0. The van der Waals surface area contributed by atoms with Crippen LogP contribution in [0.25, 0.3) is 0 Å². The van der Waals surface area contributed by atoms with Crippen molar-refractivity contribution in [1.82, 2.24) is 0 Å². The molecule has 0 N–H and O–H groups in total. The van der Waals surface area contributed by atoms with Gasteiger partial charge in [-0.15, -0.1) is 0 Å². The molecule has 0 spiro atoms. The van der Waals surface area contributed by atoms with E-state index in [1.165, 1.54) is 0 Å². The molecule has 3 radical (unpaired) electrons. The normalized spacial score (nSPS) is 0. The largest absolute Gasteiger partial charge is 4.00 e. The first-order chi connectivity index (χ1) is 0. The minimum atomic E-state index is 0. The Balaban J connectivity index is 0. The molecule has 0 aliphatic heterocycles. The van der Waals surface area contributed by atoms with E-state index in [2.05, 4.69) is 0 Å². The molecule has 0 amide bonds. The van der Waals surface area contributed by atoms with E-state index in [0.29, 0.717) is 0 Å². The molecule has 0 fully saturated rings. The number of hydrogen-bond acceptors (Lipinski definition) is 0. The summed E-state index contributed by atoms with van der Waals surface area (Å²) in [6, 6.07) is 0. The molecule has 0 heterocycles. The summed E-state index contributed by atoms with van der Waals surface area (Å²) in [5.74, 6) is 0. The third-order valence-electron chi connectivity index (χ3n) is 0. The third-order valence-corrected chi connectivity index (χ3v) is 0. The van der Waals surface area contributed by atoms with E-state index in [1.807, 2.05) is 0 Å². The van der Waals surface area contributed by atoms with Gasteiger partial charge in [-0.05, 0) is 0 Å². The fourth-order valence-electron chi connectivity index (χ4n) is 0. The van der Waals surface area contributed by atoms with E-state index in [1.54, 1.807) is 0 Å². The summed E-state index contributed by atoms with van der Waals surface area (Å²) in [5, 5.41) is 0. The van der Waals surface area contributed by atoms with Gasteiger partial charge in [-0.1, -0.05) is 0 Å². The molecular formula is CeOPbSn+7. The zero-order valence-electron chi connectivity index (χ0n) is 1.91. The molecule has 0 aromatic heterocycles. The van der Waals surface area contributed by atoms with Gasteiger partial charge in [0.2, 0.25) is 0 Å². The second-order valence-corrected chi connectivity index (χ2v) is 0. The first kappa shape index (κ1) is 27.7. The Morgan fingerprint density at radius 2 is 1.00 bits per heavy atom. The Bertz CT molecular complexity index is 8.00. The number of rotatable bonds is 0. The summed E-state index contributed by atoms with van der Waals surface area (Å²) >= 11 is 0. The fraction of sp³-hybridized carbons (Fsp3) is 0. The molecular weight excluding hydrogens is 482 g/mol. The smallest absolute Gasteiger partial charge is 2.00 e. The Morgan fingerprint density at radius 3 is 1.00 bits per heavy atom. The molecule has 0 saturated carbocycles. The van der Waals surface area contributed by atoms with Gasteiger partial charge in [0.1, 0.15) is 0 Å². The molecule has 0 unspecified atom stereocenters. The Morgan fingerprint density at radius 1 is 1.00 bits per heavy atom. The van der Waals surface area contributed by atoms with E-state index in [-0.39, 0.29) is 98.4 Å². The molecule has 0 rings (SSSR count). The molecule has 4 heavy (non-hydrogen) atoms. The van der Waals surface area contributed by atoms with Crippen LogP contribution < -0.4 is 0 Å². The van der Waals surface area contributed by atoms with Crippen LogP contribution in [-0.2, 0) is 5.48 Å². The van der Waals surface area contributed by atoms with Crippen LogP contribution in [0.15, 0.2) is 0 Å². The molecule has 4 heteroatoms. The van der Waals surface area contributed by atoms with Crippen LogP contribution in [0.2, 0.25) is 0 Å².